The van der Waals surface area contributed by atoms with E-state index in [0.717, 1.165) is 36.1 Å². The van der Waals surface area contributed by atoms with E-state index >= 15 is 0 Å². The van der Waals surface area contributed by atoms with Gasteiger partial charge in [-0.05, 0) is 30.2 Å². The number of piperazine rings is 1. The van der Waals surface area contributed by atoms with Crippen molar-refractivity contribution in [3.63, 3.8) is 0 Å². The normalized spacial score (nSPS) is 16.5. The molecular weight excluding hydrogens is 332 g/mol. The number of rotatable bonds is 4. The summed E-state index contributed by atoms with van der Waals surface area (Å²) < 4.78 is 11.1. The van der Waals surface area contributed by atoms with Gasteiger partial charge in [0, 0.05) is 45.0 Å². The predicted octanol–water partition coefficient (Wildman–Crippen LogP) is 1.53. The van der Waals surface area contributed by atoms with E-state index in [-0.39, 0.29) is 5.91 Å². The molecule has 2 aliphatic heterocycles. The molecule has 0 aliphatic carbocycles. The molecule has 1 aromatic heterocycles. The monoisotopic (exact) mass is 354 g/mol. The zero-order valence-electron chi connectivity index (χ0n) is 14.6. The number of hydrogen-bond donors (Lipinski definition) is 0. The highest BCUT2D eigenvalue weighted by Gasteiger charge is 2.22. The molecule has 26 heavy (non-hydrogen) atoms. The van der Waals surface area contributed by atoms with E-state index in [1.165, 1.54) is 0 Å². The van der Waals surface area contributed by atoms with E-state index in [9.17, 15) is 4.79 Å². The molecule has 4 rings (SSSR count). The molecule has 0 spiro atoms. The van der Waals surface area contributed by atoms with Gasteiger partial charge in [0.05, 0.1) is 0 Å². The summed E-state index contributed by atoms with van der Waals surface area (Å²) in [4.78, 5) is 25.1. The Hall–Kier alpha value is -2.83. The first-order valence-electron chi connectivity index (χ1n) is 8.98. The van der Waals surface area contributed by atoms with Crippen LogP contribution in [0, 0.1) is 0 Å². The van der Waals surface area contributed by atoms with Gasteiger partial charge in [-0.25, -0.2) is 9.97 Å². The van der Waals surface area contributed by atoms with Crippen LogP contribution in [0.5, 0.6) is 11.5 Å². The van der Waals surface area contributed by atoms with Crippen molar-refractivity contribution in [2.24, 2.45) is 0 Å². The van der Waals surface area contributed by atoms with Crippen molar-refractivity contribution in [3.8, 4) is 11.5 Å². The Bertz CT molecular complexity index is 761. The largest absolute Gasteiger partial charge is 0.486 e. The second-order valence-electron chi connectivity index (χ2n) is 6.39. The molecule has 0 unspecified atom stereocenters. The van der Waals surface area contributed by atoms with Gasteiger partial charge < -0.3 is 19.3 Å². The molecule has 7 heteroatoms. The first kappa shape index (κ1) is 16.6. The summed E-state index contributed by atoms with van der Waals surface area (Å²) in [7, 11) is 0. The van der Waals surface area contributed by atoms with E-state index in [2.05, 4.69) is 14.9 Å². The number of amides is 1. The van der Waals surface area contributed by atoms with Crippen molar-refractivity contribution in [1.29, 1.82) is 0 Å². The van der Waals surface area contributed by atoms with Crippen molar-refractivity contribution < 1.29 is 14.3 Å². The molecule has 1 saturated heterocycles. The van der Waals surface area contributed by atoms with Crippen molar-refractivity contribution in [2.45, 2.75) is 12.8 Å². The molecule has 1 amide bonds. The van der Waals surface area contributed by atoms with Crippen LogP contribution >= 0.6 is 0 Å². The second kappa shape index (κ2) is 7.59. The van der Waals surface area contributed by atoms with E-state index in [4.69, 9.17) is 9.47 Å². The summed E-state index contributed by atoms with van der Waals surface area (Å²) in [6.07, 6.45) is 4.69. The molecule has 1 fully saturated rings. The third-order valence-electron chi connectivity index (χ3n) is 4.70. The summed E-state index contributed by atoms with van der Waals surface area (Å²) in [5.74, 6) is 2.48. The molecule has 2 aromatic rings. The SMILES string of the molecule is O=C(CCc1ccc2c(c1)OCCO2)N1CCN(c2ncccn2)CC1. The molecular formula is C19H22N4O3. The number of aromatic nitrogens is 2. The molecule has 3 heterocycles. The lowest BCUT2D eigenvalue weighted by atomic mass is 10.1. The lowest BCUT2D eigenvalue weighted by Crippen LogP contribution is -2.49. The maximum atomic E-state index is 12.5. The van der Waals surface area contributed by atoms with Crippen molar-refractivity contribution in [3.05, 3.63) is 42.2 Å². The fourth-order valence-corrected chi connectivity index (χ4v) is 3.26. The van der Waals surface area contributed by atoms with E-state index in [1.54, 1.807) is 18.5 Å². The quantitative estimate of drug-likeness (QED) is 0.829. The van der Waals surface area contributed by atoms with Crippen LogP contribution in [-0.4, -0.2) is 60.2 Å². The van der Waals surface area contributed by atoms with Crippen LogP contribution in [0.25, 0.3) is 0 Å². The van der Waals surface area contributed by atoms with Crippen LogP contribution in [0.4, 0.5) is 5.95 Å². The van der Waals surface area contributed by atoms with E-state index in [0.29, 0.717) is 39.1 Å². The number of fused-ring (bicyclic) bond motifs is 1. The summed E-state index contributed by atoms with van der Waals surface area (Å²) in [6.45, 7) is 4.10. The van der Waals surface area contributed by atoms with Crippen LogP contribution in [0.2, 0.25) is 0 Å². The maximum absolute atomic E-state index is 12.5. The number of carbonyl (C=O) groups excluding carboxylic acids is 1. The molecule has 2 aliphatic rings. The zero-order valence-corrected chi connectivity index (χ0v) is 14.6. The van der Waals surface area contributed by atoms with Crippen LogP contribution in [0.15, 0.2) is 36.7 Å². The molecule has 136 valence electrons. The summed E-state index contributed by atoms with van der Waals surface area (Å²) in [5, 5.41) is 0. The van der Waals surface area contributed by atoms with Crippen LogP contribution in [0.3, 0.4) is 0 Å². The molecule has 7 nitrogen and oxygen atoms in total. The van der Waals surface area contributed by atoms with Crippen molar-refractivity contribution in [1.82, 2.24) is 14.9 Å². The predicted molar refractivity (Wildman–Crippen MR) is 96.6 cm³/mol. The van der Waals surface area contributed by atoms with Crippen LogP contribution < -0.4 is 14.4 Å². The average molecular weight is 354 g/mol. The van der Waals surface area contributed by atoms with Crippen LogP contribution in [0.1, 0.15) is 12.0 Å². The lowest BCUT2D eigenvalue weighted by molar-refractivity contribution is -0.131. The van der Waals surface area contributed by atoms with Gasteiger partial charge in [-0.3, -0.25) is 4.79 Å². The van der Waals surface area contributed by atoms with Crippen molar-refractivity contribution in [2.75, 3.05) is 44.3 Å². The van der Waals surface area contributed by atoms with Gasteiger partial charge in [-0.2, -0.15) is 0 Å². The Morgan fingerprint density at radius 2 is 1.73 bits per heavy atom. The molecule has 0 saturated carbocycles. The minimum atomic E-state index is 0.188. The highest BCUT2D eigenvalue weighted by Crippen LogP contribution is 2.31. The number of ether oxygens (including phenoxy) is 2. The minimum absolute atomic E-state index is 0.188. The zero-order chi connectivity index (χ0) is 17.8. The number of benzene rings is 1. The third kappa shape index (κ3) is 3.71. The molecule has 1 aromatic carbocycles. The summed E-state index contributed by atoms with van der Waals surface area (Å²) >= 11 is 0. The topological polar surface area (TPSA) is 67.8 Å². The summed E-state index contributed by atoms with van der Waals surface area (Å²) in [6, 6.07) is 7.71. The van der Waals surface area contributed by atoms with Gasteiger partial charge in [0.15, 0.2) is 11.5 Å². The highest BCUT2D eigenvalue weighted by molar-refractivity contribution is 5.76. The van der Waals surface area contributed by atoms with Gasteiger partial charge in [0.2, 0.25) is 11.9 Å². The molecule has 0 N–H and O–H groups in total. The average Bonchev–Trinajstić information content (AvgIpc) is 2.72. The number of hydrogen-bond acceptors (Lipinski definition) is 6. The fourth-order valence-electron chi connectivity index (χ4n) is 3.26. The maximum Gasteiger partial charge on any atom is 0.225 e. The fraction of sp³-hybridized carbons (Fsp3) is 0.421. The van der Waals surface area contributed by atoms with Gasteiger partial charge in [-0.1, -0.05) is 6.07 Å². The third-order valence-corrected chi connectivity index (χ3v) is 4.70. The Morgan fingerprint density at radius 3 is 2.50 bits per heavy atom. The first-order chi connectivity index (χ1) is 12.8. The standard InChI is InChI=1S/C19H22N4O3/c24-18(5-3-15-2-4-16-17(14-15)26-13-12-25-16)22-8-10-23(11-9-22)19-20-6-1-7-21-19/h1-2,4,6-7,14H,3,5,8-13H2. The smallest absolute Gasteiger partial charge is 0.225 e. The molecule has 0 bridgehead atoms. The number of carbonyl (C=O) groups is 1. The van der Waals surface area contributed by atoms with Gasteiger partial charge in [-0.15, -0.1) is 0 Å². The molecule has 0 atom stereocenters. The van der Waals surface area contributed by atoms with E-state index in [1.807, 2.05) is 23.1 Å². The summed E-state index contributed by atoms with van der Waals surface area (Å²) in [5.41, 5.74) is 1.10. The second-order valence-corrected chi connectivity index (χ2v) is 6.39. The highest BCUT2D eigenvalue weighted by atomic mass is 16.6. The Morgan fingerprint density at radius 1 is 1.00 bits per heavy atom. The number of aryl methyl sites for hydroxylation is 1. The Balaban J connectivity index is 1.28. The number of anilines is 1. The first-order valence-corrected chi connectivity index (χ1v) is 8.98. The van der Waals surface area contributed by atoms with Crippen LogP contribution in [-0.2, 0) is 11.2 Å². The molecule has 0 radical (unpaired) electrons. The van der Waals surface area contributed by atoms with Crippen molar-refractivity contribution >= 4 is 11.9 Å². The van der Waals surface area contributed by atoms with Gasteiger partial charge >= 0.3 is 0 Å². The van der Waals surface area contributed by atoms with Gasteiger partial charge in [0.1, 0.15) is 13.2 Å². The minimum Gasteiger partial charge on any atom is -0.486 e. The lowest BCUT2D eigenvalue weighted by Gasteiger charge is -2.34. The Kier molecular flexibility index (Phi) is 4.86. The number of nitrogens with zero attached hydrogens (tertiary/aromatic N) is 4. The van der Waals surface area contributed by atoms with Gasteiger partial charge in [0.25, 0.3) is 0 Å². The Labute approximate surface area is 152 Å². The van der Waals surface area contributed by atoms with E-state index < -0.39 is 0 Å².